The van der Waals surface area contributed by atoms with Gasteiger partial charge < -0.3 is 5.11 Å². The van der Waals surface area contributed by atoms with E-state index >= 15 is 0 Å². The normalized spacial score (nSPS) is 38.7. The van der Waals surface area contributed by atoms with E-state index < -0.39 is 17.7 Å². The van der Waals surface area contributed by atoms with E-state index in [1.54, 1.807) is 0 Å². The first-order valence-corrected chi connectivity index (χ1v) is 8.16. The Morgan fingerprint density at radius 2 is 1.62 bits per heavy atom. The molecular weight excluding hydrogens is 270 g/mol. The van der Waals surface area contributed by atoms with Crippen LogP contribution in [0.25, 0.3) is 0 Å². The van der Waals surface area contributed by atoms with Gasteiger partial charge in [0.05, 0.1) is 6.10 Å². The van der Waals surface area contributed by atoms with Crippen molar-refractivity contribution in [2.75, 3.05) is 0 Å². The van der Waals surface area contributed by atoms with Gasteiger partial charge in [0.25, 0.3) is 0 Å². The lowest BCUT2D eigenvalue weighted by Crippen LogP contribution is -2.52. The highest BCUT2D eigenvalue weighted by atomic mass is 19.1. The smallest absolute Gasteiger partial charge is 0.126 e. The number of rotatable bonds is 3. The molecule has 1 aromatic carbocycles. The largest absolute Gasteiger partial charge is 0.392 e. The molecule has 4 saturated carbocycles. The Kier molecular flexibility index (Phi) is 3.11. The van der Waals surface area contributed by atoms with Crippen LogP contribution in [0.3, 0.4) is 0 Å². The average molecular weight is 292 g/mol. The molecule has 4 bridgehead atoms. The molecule has 0 saturated heterocycles. The Hall–Kier alpha value is -0.960. The highest BCUT2D eigenvalue weighted by Crippen LogP contribution is 2.61. The van der Waals surface area contributed by atoms with Crippen molar-refractivity contribution in [2.45, 2.75) is 51.0 Å². The van der Waals surface area contributed by atoms with Crippen LogP contribution in [0.2, 0.25) is 0 Å². The third-order valence-corrected chi connectivity index (χ3v) is 6.21. The van der Waals surface area contributed by atoms with Crippen molar-refractivity contribution in [1.29, 1.82) is 0 Å². The fraction of sp³-hybridized carbons (Fsp3) is 0.667. The molecule has 4 aliphatic carbocycles. The van der Waals surface area contributed by atoms with Gasteiger partial charge in [0.15, 0.2) is 0 Å². The van der Waals surface area contributed by atoms with E-state index in [1.807, 2.05) is 0 Å². The van der Waals surface area contributed by atoms with Crippen LogP contribution in [0.4, 0.5) is 8.78 Å². The third kappa shape index (κ3) is 2.30. The maximum atomic E-state index is 13.8. The summed E-state index contributed by atoms with van der Waals surface area (Å²) in [6.45, 7) is 0. The summed E-state index contributed by atoms with van der Waals surface area (Å²) in [4.78, 5) is 0. The summed E-state index contributed by atoms with van der Waals surface area (Å²) in [6.07, 6.45) is 6.91. The lowest BCUT2D eigenvalue weighted by Gasteiger charge is -2.58. The molecule has 0 aromatic heterocycles. The van der Waals surface area contributed by atoms with Crippen molar-refractivity contribution in [3.63, 3.8) is 0 Å². The van der Waals surface area contributed by atoms with Crippen LogP contribution in [0.15, 0.2) is 18.2 Å². The molecule has 1 nitrogen and oxygen atoms in total. The summed E-state index contributed by atoms with van der Waals surface area (Å²) in [6, 6.07) is 3.53. The Balaban J connectivity index is 1.57. The van der Waals surface area contributed by atoms with Gasteiger partial charge in [-0.05, 0) is 85.5 Å². The molecule has 4 fully saturated rings. The molecule has 4 aliphatic rings. The zero-order chi connectivity index (χ0) is 14.6. The molecule has 21 heavy (non-hydrogen) atoms. The predicted octanol–water partition coefficient (Wildman–Crippen LogP) is 4.08. The Labute approximate surface area is 124 Å². The van der Waals surface area contributed by atoms with E-state index in [-0.39, 0.29) is 11.8 Å². The highest BCUT2D eigenvalue weighted by molar-refractivity contribution is 5.20. The van der Waals surface area contributed by atoms with Gasteiger partial charge in [0.1, 0.15) is 11.6 Å². The molecule has 5 rings (SSSR count). The molecule has 0 amide bonds. The Bertz CT molecular complexity index is 519. The third-order valence-electron chi connectivity index (χ3n) is 6.21. The zero-order valence-corrected chi connectivity index (χ0v) is 12.2. The predicted molar refractivity (Wildman–Crippen MR) is 76.7 cm³/mol. The van der Waals surface area contributed by atoms with E-state index in [9.17, 15) is 13.9 Å². The summed E-state index contributed by atoms with van der Waals surface area (Å²) in [7, 11) is 0. The molecule has 1 aromatic rings. The molecule has 0 spiro atoms. The van der Waals surface area contributed by atoms with E-state index in [2.05, 4.69) is 0 Å². The molecule has 0 heterocycles. The summed E-state index contributed by atoms with van der Waals surface area (Å²) in [5.41, 5.74) is 0.284. The van der Waals surface area contributed by atoms with Crippen LogP contribution in [-0.2, 0) is 6.42 Å². The molecule has 0 aliphatic heterocycles. The summed E-state index contributed by atoms with van der Waals surface area (Å²) < 4.78 is 27.1. The minimum absolute atomic E-state index is 0.0342. The highest BCUT2D eigenvalue weighted by Gasteiger charge is 2.53. The molecule has 1 atom stereocenters. The molecular formula is C18H22F2O. The second kappa shape index (κ2) is 4.77. The quantitative estimate of drug-likeness (QED) is 0.890. The first-order valence-electron chi connectivity index (χ1n) is 8.16. The standard InChI is InChI=1S/C18H22F2O/c19-15-1-2-16(20)14(6-15)7-17(21)18-8-11-3-12(9-18)5-13(4-11)10-18/h1-2,6,11-13,17,21H,3-5,7-10H2. The number of aliphatic hydroxyl groups excluding tert-OH is 1. The van der Waals surface area contributed by atoms with Gasteiger partial charge in [-0.2, -0.15) is 0 Å². The van der Waals surface area contributed by atoms with Crippen molar-refractivity contribution in [3.05, 3.63) is 35.4 Å². The second-order valence-electron chi connectivity index (χ2n) is 7.74. The van der Waals surface area contributed by atoms with E-state index in [4.69, 9.17) is 0 Å². The van der Waals surface area contributed by atoms with Gasteiger partial charge in [-0.25, -0.2) is 8.78 Å². The number of benzene rings is 1. The van der Waals surface area contributed by atoms with Gasteiger partial charge in [0, 0.05) is 6.42 Å². The molecule has 3 heteroatoms. The fourth-order valence-electron chi connectivity index (χ4n) is 5.71. The Morgan fingerprint density at radius 3 is 2.19 bits per heavy atom. The first-order chi connectivity index (χ1) is 10.0. The van der Waals surface area contributed by atoms with Gasteiger partial charge in [-0.1, -0.05) is 0 Å². The average Bonchev–Trinajstić information content (AvgIpc) is 2.41. The topological polar surface area (TPSA) is 20.2 Å². The van der Waals surface area contributed by atoms with Crippen LogP contribution >= 0.6 is 0 Å². The Morgan fingerprint density at radius 1 is 1.05 bits per heavy atom. The summed E-state index contributed by atoms with van der Waals surface area (Å²) in [5.74, 6) is 1.43. The van der Waals surface area contributed by atoms with Crippen molar-refractivity contribution in [1.82, 2.24) is 0 Å². The molecule has 114 valence electrons. The van der Waals surface area contributed by atoms with E-state index in [1.165, 1.54) is 25.3 Å². The number of hydrogen-bond acceptors (Lipinski definition) is 1. The van der Waals surface area contributed by atoms with Crippen LogP contribution < -0.4 is 0 Å². The molecule has 0 radical (unpaired) electrons. The lowest BCUT2D eigenvalue weighted by atomic mass is 9.48. The van der Waals surface area contributed by atoms with E-state index in [0.29, 0.717) is 5.56 Å². The monoisotopic (exact) mass is 292 g/mol. The van der Waals surface area contributed by atoms with Crippen molar-refractivity contribution < 1.29 is 13.9 Å². The van der Waals surface area contributed by atoms with Gasteiger partial charge in [0.2, 0.25) is 0 Å². The second-order valence-corrected chi connectivity index (χ2v) is 7.74. The van der Waals surface area contributed by atoms with Crippen molar-refractivity contribution >= 4 is 0 Å². The van der Waals surface area contributed by atoms with Crippen molar-refractivity contribution in [3.8, 4) is 0 Å². The van der Waals surface area contributed by atoms with Crippen molar-refractivity contribution in [2.24, 2.45) is 23.2 Å². The number of aliphatic hydroxyl groups is 1. The van der Waals surface area contributed by atoms with Gasteiger partial charge in [-0.15, -0.1) is 0 Å². The van der Waals surface area contributed by atoms with Crippen LogP contribution in [0.5, 0.6) is 0 Å². The summed E-state index contributed by atoms with van der Waals surface area (Å²) in [5, 5.41) is 10.8. The van der Waals surface area contributed by atoms with Crippen LogP contribution in [0.1, 0.15) is 44.1 Å². The SMILES string of the molecule is OC(Cc1cc(F)ccc1F)C12CC3CC(CC(C3)C1)C2. The fourth-order valence-corrected chi connectivity index (χ4v) is 5.71. The molecule has 1 unspecified atom stereocenters. The molecule has 1 N–H and O–H groups in total. The number of hydrogen-bond donors (Lipinski definition) is 1. The van der Waals surface area contributed by atoms with Gasteiger partial charge >= 0.3 is 0 Å². The zero-order valence-electron chi connectivity index (χ0n) is 12.2. The maximum Gasteiger partial charge on any atom is 0.126 e. The van der Waals surface area contributed by atoms with Gasteiger partial charge in [-0.3, -0.25) is 0 Å². The van der Waals surface area contributed by atoms with Crippen LogP contribution in [0, 0.1) is 34.8 Å². The summed E-state index contributed by atoms with van der Waals surface area (Å²) >= 11 is 0. The minimum atomic E-state index is -0.540. The van der Waals surface area contributed by atoms with Crippen LogP contribution in [-0.4, -0.2) is 11.2 Å². The number of halogens is 2. The first kappa shape index (κ1) is 13.7. The lowest BCUT2D eigenvalue weighted by molar-refractivity contribution is -0.119. The maximum absolute atomic E-state index is 13.8. The van der Waals surface area contributed by atoms with E-state index in [0.717, 1.165) is 49.1 Å². The minimum Gasteiger partial charge on any atom is -0.392 e.